The summed E-state index contributed by atoms with van der Waals surface area (Å²) in [6, 6.07) is 0. The van der Waals surface area contributed by atoms with Crippen molar-refractivity contribution in [3.8, 4) is 0 Å². The number of carbonyl (C=O) groups is 2. The zero-order valence-electron chi connectivity index (χ0n) is 9.73. The zero-order valence-corrected chi connectivity index (χ0v) is 9.73. The van der Waals surface area contributed by atoms with E-state index in [-0.39, 0.29) is 24.8 Å². The van der Waals surface area contributed by atoms with Crippen LogP contribution in [0.15, 0.2) is 0 Å². The summed E-state index contributed by atoms with van der Waals surface area (Å²) in [6.07, 6.45) is 1.22. The fourth-order valence-electron chi connectivity index (χ4n) is 2.24. The van der Waals surface area contributed by atoms with Crippen LogP contribution in [0.2, 0.25) is 0 Å². The molecule has 0 radical (unpaired) electrons. The molecule has 1 fully saturated rings. The van der Waals surface area contributed by atoms with E-state index in [4.69, 9.17) is 10.5 Å². The van der Waals surface area contributed by atoms with Gasteiger partial charge in [0.25, 0.3) is 0 Å². The van der Waals surface area contributed by atoms with Gasteiger partial charge in [0.15, 0.2) is 0 Å². The standard InChI is InChI=1S/C11H19NO4/c1-7-3-5-11(8(7)2,10(14)15)16-9(13)4-6-12/h7-8H,3-6,12H2,1-2H3,(H,14,15)/t7?,8?,11-/m1/s1. The maximum atomic E-state index is 11.4. The third kappa shape index (κ3) is 2.19. The van der Waals surface area contributed by atoms with Crippen LogP contribution in [-0.4, -0.2) is 29.2 Å². The van der Waals surface area contributed by atoms with Crippen LogP contribution in [-0.2, 0) is 14.3 Å². The molecule has 0 aromatic heterocycles. The molecule has 0 heterocycles. The highest BCUT2D eigenvalue weighted by Crippen LogP contribution is 2.43. The van der Waals surface area contributed by atoms with Crippen molar-refractivity contribution in [1.29, 1.82) is 0 Å². The molecular formula is C11H19NO4. The van der Waals surface area contributed by atoms with Gasteiger partial charge in [-0.15, -0.1) is 0 Å². The second-order valence-corrected chi connectivity index (χ2v) is 4.51. The molecule has 1 aliphatic carbocycles. The molecule has 0 aliphatic heterocycles. The predicted molar refractivity (Wildman–Crippen MR) is 57.7 cm³/mol. The number of carbonyl (C=O) groups excluding carboxylic acids is 1. The number of rotatable bonds is 4. The molecule has 16 heavy (non-hydrogen) atoms. The van der Waals surface area contributed by atoms with Crippen LogP contribution in [0.4, 0.5) is 0 Å². The van der Waals surface area contributed by atoms with Gasteiger partial charge in [-0.25, -0.2) is 4.79 Å². The quantitative estimate of drug-likeness (QED) is 0.695. The molecule has 0 amide bonds. The lowest BCUT2D eigenvalue weighted by Crippen LogP contribution is -2.46. The largest absolute Gasteiger partial charge is 0.478 e. The summed E-state index contributed by atoms with van der Waals surface area (Å²) in [6.45, 7) is 3.98. The smallest absolute Gasteiger partial charge is 0.348 e. The van der Waals surface area contributed by atoms with Gasteiger partial charge in [-0.2, -0.15) is 0 Å². The van der Waals surface area contributed by atoms with E-state index in [1.165, 1.54) is 0 Å². The Hall–Kier alpha value is -1.10. The van der Waals surface area contributed by atoms with Crippen molar-refractivity contribution in [3.63, 3.8) is 0 Å². The van der Waals surface area contributed by atoms with E-state index in [1.54, 1.807) is 0 Å². The number of carboxylic acids is 1. The van der Waals surface area contributed by atoms with Gasteiger partial charge in [-0.1, -0.05) is 13.8 Å². The van der Waals surface area contributed by atoms with Gasteiger partial charge in [0.2, 0.25) is 5.60 Å². The number of ether oxygens (including phenoxy) is 1. The molecule has 0 bridgehead atoms. The number of esters is 1. The second kappa shape index (κ2) is 4.82. The van der Waals surface area contributed by atoms with Gasteiger partial charge in [0.05, 0.1) is 6.42 Å². The maximum Gasteiger partial charge on any atom is 0.348 e. The molecule has 3 atom stereocenters. The Morgan fingerprint density at radius 3 is 2.50 bits per heavy atom. The first-order valence-electron chi connectivity index (χ1n) is 5.59. The predicted octanol–water partition coefficient (Wildman–Crippen LogP) is 0.768. The lowest BCUT2D eigenvalue weighted by atomic mass is 9.88. The van der Waals surface area contributed by atoms with E-state index < -0.39 is 17.5 Å². The lowest BCUT2D eigenvalue weighted by Gasteiger charge is -2.30. The van der Waals surface area contributed by atoms with Crippen LogP contribution in [0, 0.1) is 11.8 Å². The third-order valence-corrected chi connectivity index (χ3v) is 3.57. The van der Waals surface area contributed by atoms with Gasteiger partial charge >= 0.3 is 11.9 Å². The summed E-state index contributed by atoms with van der Waals surface area (Å²) in [4.78, 5) is 22.7. The van der Waals surface area contributed by atoms with Crippen LogP contribution in [0.5, 0.6) is 0 Å². The van der Waals surface area contributed by atoms with E-state index in [1.807, 2.05) is 13.8 Å². The minimum absolute atomic E-state index is 0.0656. The molecule has 5 nitrogen and oxygen atoms in total. The zero-order chi connectivity index (χ0) is 12.3. The highest BCUT2D eigenvalue weighted by Gasteiger charge is 2.53. The van der Waals surface area contributed by atoms with Crippen LogP contribution >= 0.6 is 0 Å². The first-order chi connectivity index (χ1) is 7.44. The summed E-state index contributed by atoms with van der Waals surface area (Å²) in [7, 11) is 0. The number of nitrogens with two attached hydrogens (primary N) is 1. The van der Waals surface area contributed by atoms with E-state index in [2.05, 4.69) is 0 Å². The van der Waals surface area contributed by atoms with Crippen molar-refractivity contribution in [1.82, 2.24) is 0 Å². The van der Waals surface area contributed by atoms with Crippen LogP contribution in [0.3, 0.4) is 0 Å². The summed E-state index contributed by atoms with van der Waals surface area (Å²) < 4.78 is 5.16. The van der Waals surface area contributed by atoms with E-state index >= 15 is 0 Å². The van der Waals surface area contributed by atoms with Gasteiger partial charge < -0.3 is 15.6 Å². The van der Waals surface area contributed by atoms with Gasteiger partial charge in [-0.3, -0.25) is 4.79 Å². The minimum atomic E-state index is -1.34. The van der Waals surface area contributed by atoms with Gasteiger partial charge in [-0.05, 0) is 18.8 Å². The Morgan fingerprint density at radius 1 is 1.50 bits per heavy atom. The van der Waals surface area contributed by atoms with Crippen LogP contribution in [0.1, 0.15) is 33.1 Å². The number of hydrogen-bond acceptors (Lipinski definition) is 4. The normalized spacial score (nSPS) is 33.7. The molecule has 0 saturated heterocycles. The Kier molecular flexibility index (Phi) is 3.91. The molecule has 1 rings (SSSR count). The fourth-order valence-corrected chi connectivity index (χ4v) is 2.24. The molecule has 1 aliphatic rings. The molecule has 3 N–H and O–H groups in total. The molecule has 0 aromatic rings. The topological polar surface area (TPSA) is 89.6 Å². The van der Waals surface area contributed by atoms with Crippen molar-refractivity contribution in [2.45, 2.75) is 38.7 Å². The van der Waals surface area contributed by atoms with Crippen LogP contribution in [0.25, 0.3) is 0 Å². The molecule has 92 valence electrons. The van der Waals surface area contributed by atoms with Crippen molar-refractivity contribution in [3.05, 3.63) is 0 Å². The fraction of sp³-hybridized carbons (Fsp3) is 0.818. The van der Waals surface area contributed by atoms with Crippen LogP contribution < -0.4 is 5.73 Å². The second-order valence-electron chi connectivity index (χ2n) is 4.51. The summed E-state index contributed by atoms with van der Waals surface area (Å²) in [5, 5.41) is 9.26. The highest BCUT2D eigenvalue weighted by atomic mass is 16.6. The van der Waals surface area contributed by atoms with Crippen molar-refractivity contribution in [2.24, 2.45) is 17.6 Å². The summed E-state index contributed by atoms with van der Waals surface area (Å²) in [5.74, 6) is -1.48. The third-order valence-electron chi connectivity index (χ3n) is 3.57. The summed E-state index contributed by atoms with van der Waals surface area (Å²) in [5.41, 5.74) is 3.90. The van der Waals surface area contributed by atoms with Gasteiger partial charge in [0.1, 0.15) is 0 Å². The molecular weight excluding hydrogens is 210 g/mol. The first-order valence-corrected chi connectivity index (χ1v) is 5.59. The monoisotopic (exact) mass is 229 g/mol. The van der Waals surface area contributed by atoms with Crippen molar-refractivity contribution in [2.75, 3.05) is 6.54 Å². The van der Waals surface area contributed by atoms with E-state index in [0.717, 1.165) is 6.42 Å². The van der Waals surface area contributed by atoms with Crippen molar-refractivity contribution >= 4 is 11.9 Å². The lowest BCUT2D eigenvalue weighted by molar-refractivity contribution is -0.183. The number of aliphatic carboxylic acids is 1. The Balaban J connectivity index is 2.82. The maximum absolute atomic E-state index is 11.4. The molecule has 5 heteroatoms. The highest BCUT2D eigenvalue weighted by molar-refractivity contribution is 5.82. The number of hydrogen-bond donors (Lipinski definition) is 2. The Labute approximate surface area is 95.0 Å². The molecule has 1 saturated carbocycles. The first kappa shape index (κ1) is 13.0. The average molecular weight is 229 g/mol. The number of carboxylic acid groups (broad SMARTS) is 1. The molecule has 2 unspecified atom stereocenters. The summed E-state index contributed by atoms with van der Waals surface area (Å²) >= 11 is 0. The minimum Gasteiger partial charge on any atom is -0.478 e. The Morgan fingerprint density at radius 2 is 2.12 bits per heavy atom. The Bertz CT molecular complexity index is 292. The van der Waals surface area contributed by atoms with E-state index in [9.17, 15) is 14.7 Å². The average Bonchev–Trinajstić information content (AvgIpc) is 2.48. The molecule has 0 spiro atoms. The van der Waals surface area contributed by atoms with Gasteiger partial charge in [0, 0.05) is 12.5 Å². The molecule has 0 aromatic carbocycles. The van der Waals surface area contributed by atoms with Crippen molar-refractivity contribution < 1.29 is 19.4 Å². The SMILES string of the molecule is CC1CC[C@](OC(=O)CCN)(C(=O)O)C1C. The van der Waals surface area contributed by atoms with E-state index in [0.29, 0.717) is 6.42 Å².